The highest BCUT2D eigenvalue weighted by molar-refractivity contribution is 6.02. The fourth-order valence-corrected chi connectivity index (χ4v) is 4.82. The van der Waals surface area contributed by atoms with Crippen molar-refractivity contribution in [2.45, 2.75) is 71.4 Å². The number of halogens is 1. The van der Waals surface area contributed by atoms with Crippen molar-refractivity contribution in [2.24, 2.45) is 0 Å². The summed E-state index contributed by atoms with van der Waals surface area (Å²) >= 11 is 0. The second-order valence-electron chi connectivity index (χ2n) is 11.6. The number of nitrogens with zero attached hydrogens (tertiary/aromatic N) is 5. The first-order chi connectivity index (χ1) is 21.0. The molecule has 0 radical (unpaired) electrons. The standard InChI is InChI=1S/C31H40N6O3.C3H7F/c1-5-6-11-25(26-18-22(14-17-38)12-13-24(26)23-9-7-10-23)28(20-36(4)21-29(39)35(2)3)34-31(40)27-19-33-37-16-8-15-32-30(27)37;1-3(2)4/h8,11-13,15-16,18-20,23,38H,5-7,9-10,14,17,21H2,1-4H3,(H,34,40);3H,1-2H3/b25-11+,28-20+;. The van der Waals surface area contributed by atoms with Crippen LogP contribution in [-0.4, -0.2) is 81.8 Å². The minimum Gasteiger partial charge on any atom is -0.396 e. The van der Waals surface area contributed by atoms with Gasteiger partial charge in [-0.15, -0.1) is 0 Å². The first-order valence-electron chi connectivity index (χ1n) is 15.4. The predicted molar refractivity (Wildman–Crippen MR) is 173 cm³/mol. The molecule has 0 bridgehead atoms. The number of aliphatic hydroxyl groups excluding tert-OH is 1. The Morgan fingerprint density at radius 2 is 1.93 bits per heavy atom. The number of benzene rings is 1. The lowest BCUT2D eigenvalue weighted by Gasteiger charge is -2.30. The number of alkyl halides is 1. The molecule has 238 valence electrons. The first-order valence-corrected chi connectivity index (χ1v) is 15.4. The Bertz CT molecular complexity index is 1460. The zero-order valence-corrected chi connectivity index (χ0v) is 26.9. The Morgan fingerprint density at radius 3 is 2.55 bits per heavy atom. The van der Waals surface area contributed by atoms with Crippen LogP contribution in [0.5, 0.6) is 0 Å². The monoisotopic (exact) mass is 606 g/mol. The van der Waals surface area contributed by atoms with E-state index in [0.717, 1.165) is 42.4 Å². The van der Waals surface area contributed by atoms with Crippen molar-refractivity contribution in [3.8, 4) is 0 Å². The number of amides is 2. The Hall–Kier alpha value is -4.05. The van der Waals surface area contributed by atoms with Crippen molar-refractivity contribution in [3.05, 3.63) is 83.1 Å². The van der Waals surface area contributed by atoms with Crippen LogP contribution in [0.4, 0.5) is 4.39 Å². The van der Waals surface area contributed by atoms with Crippen LogP contribution in [0.2, 0.25) is 0 Å². The van der Waals surface area contributed by atoms with Gasteiger partial charge in [0.15, 0.2) is 5.65 Å². The minimum atomic E-state index is -0.667. The van der Waals surface area contributed by atoms with E-state index in [4.69, 9.17) is 0 Å². The Kier molecular flexibility index (Phi) is 13.1. The smallest absolute Gasteiger partial charge is 0.261 e. The molecule has 10 heteroatoms. The molecular formula is C34H47FN6O3. The van der Waals surface area contributed by atoms with Gasteiger partial charge < -0.3 is 20.2 Å². The molecule has 2 amide bonds. The average Bonchev–Trinajstić information content (AvgIpc) is 3.37. The maximum absolute atomic E-state index is 13.7. The van der Waals surface area contributed by atoms with Crippen LogP contribution in [0.25, 0.3) is 11.2 Å². The van der Waals surface area contributed by atoms with Crippen LogP contribution >= 0.6 is 0 Å². The number of hydrogen-bond acceptors (Lipinski definition) is 6. The molecule has 1 saturated carbocycles. The van der Waals surface area contributed by atoms with Crippen molar-refractivity contribution < 1.29 is 19.1 Å². The van der Waals surface area contributed by atoms with Gasteiger partial charge in [-0.25, -0.2) is 13.9 Å². The normalized spacial score (nSPS) is 13.8. The average molecular weight is 607 g/mol. The van der Waals surface area contributed by atoms with E-state index in [1.807, 2.05) is 13.2 Å². The van der Waals surface area contributed by atoms with Gasteiger partial charge in [0.25, 0.3) is 5.91 Å². The summed E-state index contributed by atoms with van der Waals surface area (Å²) in [5, 5.41) is 17.1. The lowest BCUT2D eigenvalue weighted by atomic mass is 9.76. The molecule has 9 nitrogen and oxygen atoms in total. The Morgan fingerprint density at radius 1 is 1.20 bits per heavy atom. The number of likely N-dealkylation sites (N-methyl/N-ethyl adjacent to an activating group) is 2. The van der Waals surface area contributed by atoms with E-state index in [1.54, 1.807) is 46.9 Å². The first kappa shape index (κ1) is 34.4. The Balaban J connectivity index is 0.00000124. The van der Waals surface area contributed by atoms with Crippen molar-refractivity contribution in [2.75, 3.05) is 34.3 Å². The molecule has 0 unspecified atom stereocenters. The largest absolute Gasteiger partial charge is 0.396 e. The molecule has 2 N–H and O–H groups in total. The number of nitrogens with one attached hydrogen (secondary N) is 1. The second kappa shape index (κ2) is 16.7. The summed E-state index contributed by atoms with van der Waals surface area (Å²) in [5.41, 5.74) is 5.68. The van der Waals surface area contributed by atoms with Crippen LogP contribution in [-0.2, 0) is 11.2 Å². The molecule has 1 aromatic carbocycles. The van der Waals surface area contributed by atoms with Gasteiger partial charge in [-0.05, 0) is 68.2 Å². The van der Waals surface area contributed by atoms with Crippen LogP contribution in [0, 0.1) is 0 Å². The summed E-state index contributed by atoms with van der Waals surface area (Å²) in [6.07, 6.45) is 14.0. The van der Waals surface area contributed by atoms with Gasteiger partial charge in [-0.1, -0.05) is 44.0 Å². The summed E-state index contributed by atoms with van der Waals surface area (Å²) in [4.78, 5) is 33.9. The van der Waals surface area contributed by atoms with Gasteiger partial charge in [0, 0.05) is 51.9 Å². The molecule has 1 fully saturated rings. The number of carbonyl (C=O) groups is 2. The van der Waals surface area contributed by atoms with E-state index in [9.17, 15) is 19.1 Å². The third-order valence-electron chi connectivity index (χ3n) is 7.29. The minimum absolute atomic E-state index is 0.0459. The van der Waals surface area contributed by atoms with Gasteiger partial charge in [-0.2, -0.15) is 5.10 Å². The molecule has 0 saturated heterocycles. The molecular weight excluding hydrogens is 559 g/mol. The number of aliphatic hydroxyl groups is 1. The number of hydrogen-bond donors (Lipinski definition) is 2. The number of fused-ring (bicyclic) bond motifs is 1. The molecule has 1 aliphatic rings. The van der Waals surface area contributed by atoms with Crippen molar-refractivity contribution in [3.63, 3.8) is 0 Å². The quantitative estimate of drug-likeness (QED) is 0.269. The van der Waals surface area contributed by atoms with Crippen molar-refractivity contribution in [1.82, 2.24) is 29.7 Å². The number of unbranched alkanes of at least 4 members (excludes halogenated alkanes) is 1. The summed E-state index contributed by atoms with van der Waals surface area (Å²) in [6, 6.07) is 8.18. The number of rotatable bonds is 12. The number of allylic oxidation sites excluding steroid dienone is 2. The van der Waals surface area contributed by atoms with Crippen LogP contribution in [0.15, 0.2) is 60.8 Å². The number of aromatic nitrogens is 3. The highest BCUT2D eigenvalue weighted by atomic mass is 19.1. The third-order valence-corrected chi connectivity index (χ3v) is 7.29. The summed E-state index contributed by atoms with van der Waals surface area (Å²) in [7, 11) is 5.28. The summed E-state index contributed by atoms with van der Waals surface area (Å²) in [5.74, 6) is 0.0823. The van der Waals surface area contributed by atoms with Gasteiger partial charge >= 0.3 is 0 Å². The fraction of sp³-hybridized carbons (Fsp3) is 0.471. The molecule has 3 aromatic rings. The Labute approximate surface area is 260 Å². The van der Waals surface area contributed by atoms with Crippen molar-refractivity contribution in [1.29, 1.82) is 0 Å². The molecule has 2 aromatic heterocycles. The van der Waals surface area contributed by atoms with Crippen LogP contribution in [0.1, 0.15) is 85.8 Å². The molecule has 2 heterocycles. The molecule has 4 rings (SSSR count). The third kappa shape index (κ3) is 9.47. The van der Waals surface area contributed by atoms with E-state index in [1.165, 1.54) is 32.0 Å². The zero-order valence-electron chi connectivity index (χ0n) is 26.9. The molecule has 1 aliphatic carbocycles. The van der Waals surface area contributed by atoms with E-state index < -0.39 is 6.17 Å². The van der Waals surface area contributed by atoms with Crippen LogP contribution < -0.4 is 5.32 Å². The second-order valence-corrected chi connectivity index (χ2v) is 11.6. The fourth-order valence-electron chi connectivity index (χ4n) is 4.82. The summed E-state index contributed by atoms with van der Waals surface area (Å²) in [6.45, 7) is 5.34. The summed E-state index contributed by atoms with van der Waals surface area (Å²) < 4.78 is 12.6. The number of carbonyl (C=O) groups excluding carboxylic acids is 2. The molecule has 44 heavy (non-hydrogen) atoms. The molecule has 0 spiro atoms. The highest BCUT2D eigenvalue weighted by Gasteiger charge is 2.26. The maximum Gasteiger partial charge on any atom is 0.261 e. The highest BCUT2D eigenvalue weighted by Crippen LogP contribution is 2.41. The lowest BCUT2D eigenvalue weighted by molar-refractivity contribution is -0.129. The molecule has 0 atom stereocenters. The van der Waals surface area contributed by atoms with E-state index in [0.29, 0.717) is 29.2 Å². The zero-order chi connectivity index (χ0) is 32.2. The lowest BCUT2D eigenvalue weighted by Crippen LogP contribution is -2.33. The topological polar surface area (TPSA) is 103 Å². The van der Waals surface area contributed by atoms with E-state index in [-0.39, 0.29) is 25.0 Å². The van der Waals surface area contributed by atoms with Gasteiger partial charge in [0.2, 0.25) is 5.91 Å². The SMILES string of the molecule is CC(C)F.CCC/C=C(/C(=C\N(C)CC(=O)N(C)C)NC(=O)c1cnn2cccnc12)c1cc(CCO)ccc1C1CCC1. The van der Waals surface area contributed by atoms with Gasteiger partial charge in [0.05, 0.1) is 24.6 Å². The van der Waals surface area contributed by atoms with E-state index >= 15 is 0 Å². The maximum atomic E-state index is 13.7. The van der Waals surface area contributed by atoms with Crippen molar-refractivity contribution >= 4 is 23.0 Å². The van der Waals surface area contributed by atoms with Gasteiger partial charge in [0.1, 0.15) is 5.56 Å². The van der Waals surface area contributed by atoms with Crippen LogP contribution in [0.3, 0.4) is 0 Å². The van der Waals surface area contributed by atoms with E-state index in [2.05, 4.69) is 46.6 Å². The predicted octanol–water partition coefficient (Wildman–Crippen LogP) is 5.37. The van der Waals surface area contributed by atoms with Gasteiger partial charge in [-0.3, -0.25) is 9.59 Å². The molecule has 0 aliphatic heterocycles.